The van der Waals surface area contributed by atoms with Gasteiger partial charge in [-0.25, -0.2) is 13.2 Å². The van der Waals surface area contributed by atoms with Crippen LogP contribution in [-0.4, -0.2) is 62.4 Å². The van der Waals surface area contributed by atoms with Crippen molar-refractivity contribution in [1.82, 2.24) is 24.6 Å². The molecule has 33 heavy (non-hydrogen) atoms. The summed E-state index contributed by atoms with van der Waals surface area (Å²) in [5, 5.41) is 17.3. The van der Waals surface area contributed by atoms with E-state index in [-0.39, 0.29) is 17.1 Å². The molecule has 13 heteroatoms. The number of anilines is 4. The highest BCUT2D eigenvalue weighted by Gasteiger charge is 2.22. The van der Waals surface area contributed by atoms with Crippen molar-refractivity contribution in [2.75, 3.05) is 52.8 Å². The molecule has 3 heterocycles. The standard InChI is InChI=1S/C20H25F2N9OS/c1-3-23-17-26-18(24-4-2)31-19(27-17)28-29-20(31)33-11-15(32)25-12-9-13(21)16(14(22)10-12)30-7-5-6-8-30/h9-10H,3-8,11H2,1-2H3,(H,25,32)(H2,23,24,26,27,28). The third-order valence-electron chi connectivity index (χ3n) is 4.97. The lowest BCUT2D eigenvalue weighted by atomic mass is 10.2. The van der Waals surface area contributed by atoms with E-state index in [0.717, 1.165) is 36.7 Å². The Labute approximate surface area is 193 Å². The summed E-state index contributed by atoms with van der Waals surface area (Å²) in [7, 11) is 0. The van der Waals surface area contributed by atoms with Crippen molar-refractivity contribution in [1.29, 1.82) is 0 Å². The molecule has 1 saturated heterocycles. The number of halogens is 2. The monoisotopic (exact) mass is 477 g/mol. The molecular weight excluding hydrogens is 452 g/mol. The molecule has 3 aromatic rings. The molecule has 0 spiro atoms. The second-order valence-electron chi connectivity index (χ2n) is 7.37. The van der Waals surface area contributed by atoms with E-state index in [4.69, 9.17) is 0 Å². The fourth-order valence-electron chi connectivity index (χ4n) is 3.61. The first-order valence-electron chi connectivity index (χ1n) is 10.8. The van der Waals surface area contributed by atoms with Crippen molar-refractivity contribution in [3.8, 4) is 0 Å². The van der Waals surface area contributed by atoms with Crippen LogP contribution >= 0.6 is 11.8 Å². The summed E-state index contributed by atoms with van der Waals surface area (Å²) >= 11 is 1.12. The molecule has 1 amide bonds. The Kier molecular flexibility index (Phi) is 7.06. The van der Waals surface area contributed by atoms with Gasteiger partial charge in [-0.2, -0.15) is 9.97 Å². The number of hydrogen-bond acceptors (Lipinski definition) is 9. The number of fused-ring (bicyclic) bond motifs is 1. The van der Waals surface area contributed by atoms with Crippen LogP contribution in [0.3, 0.4) is 0 Å². The average Bonchev–Trinajstić information content (AvgIpc) is 3.42. The fraction of sp³-hybridized carbons (Fsp3) is 0.450. The van der Waals surface area contributed by atoms with Gasteiger partial charge in [-0.1, -0.05) is 11.8 Å². The Hall–Kier alpha value is -3.22. The molecule has 176 valence electrons. The summed E-state index contributed by atoms with van der Waals surface area (Å²) in [5.41, 5.74) is 0.0271. The largest absolute Gasteiger partial charge is 0.367 e. The van der Waals surface area contributed by atoms with Crippen LogP contribution in [0.15, 0.2) is 17.3 Å². The molecule has 10 nitrogen and oxygen atoms in total. The first-order valence-corrected chi connectivity index (χ1v) is 11.8. The second-order valence-corrected chi connectivity index (χ2v) is 8.31. The summed E-state index contributed by atoms with van der Waals surface area (Å²) in [6, 6.07) is 2.29. The second kappa shape index (κ2) is 10.1. The zero-order chi connectivity index (χ0) is 23.4. The summed E-state index contributed by atoms with van der Waals surface area (Å²) in [6.07, 6.45) is 1.81. The third-order valence-corrected chi connectivity index (χ3v) is 5.90. The number of nitrogens with one attached hydrogen (secondary N) is 3. The molecule has 0 atom stereocenters. The molecule has 1 aromatic carbocycles. The molecule has 1 aliphatic rings. The van der Waals surface area contributed by atoms with Crippen LogP contribution in [0.25, 0.3) is 5.78 Å². The number of rotatable bonds is 9. The van der Waals surface area contributed by atoms with E-state index < -0.39 is 17.5 Å². The van der Waals surface area contributed by atoms with Crippen molar-refractivity contribution in [2.45, 2.75) is 31.8 Å². The van der Waals surface area contributed by atoms with Gasteiger partial charge in [0.25, 0.3) is 5.78 Å². The molecule has 0 saturated carbocycles. The Balaban J connectivity index is 1.46. The van der Waals surface area contributed by atoms with Crippen LogP contribution in [0.2, 0.25) is 0 Å². The fourth-order valence-corrected chi connectivity index (χ4v) is 4.33. The molecule has 0 aliphatic carbocycles. The lowest BCUT2D eigenvalue weighted by Crippen LogP contribution is -2.21. The van der Waals surface area contributed by atoms with E-state index in [1.54, 1.807) is 9.30 Å². The number of aromatic nitrogens is 5. The van der Waals surface area contributed by atoms with Gasteiger partial charge in [-0.05, 0) is 38.8 Å². The van der Waals surface area contributed by atoms with E-state index in [1.807, 2.05) is 13.8 Å². The number of carbonyl (C=O) groups is 1. The minimum absolute atomic E-state index is 0.0392. The zero-order valence-electron chi connectivity index (χ0n) is 18.4. The molecule has 0 radical (unpaired) electrons. The first-order chi connectivity index (χ1) is 16.0. The van der Waals surface area contributed by atoms with Gasteiger partial charge in [0, 0.05) is 31.9 Å². The summed E-state index contributed by atoms with van der Waals surface area (Å²) in [5.74, 6) is -0.601. The summed E-state index contributed by atoms with van der Waals surface area (Å²) in [4.78, 5) is 22.9. The van der Waals surface area contributed by atoms with Crippen molar-refractivity contribution in [3.05, 3.63) is 23.8 Å². The molecular formula is C20H25F2N9OS. The maximum atomic E-state index is 14.5. The van der Waals surface area contributed by atoms with Crippen LogP contribution in [0.4, 0.5) is 32.1 Å². The number of carbonyl (C=O) groups excluding carboxylic acids is 1. The van der Waals surface area contributed by atoms with Crippen molar-refractivity contribution in [3.63, 3.8) is 0 Å². The van der Waals surface area contributed by atoms with Crippen molar-refractivity contribution >= 4 is 46.7 Å². The molecule has 1 fully saturated rings. The highest BCUT2D eigenvalue weighted by atomic mass is 32.2. The molecule has 4 rings (SSSR count). The Morgan fingerprint density at radius 1 is 1.06 bits per heavy atom. The minimum Gasteiger partial charge on any atom is -0.367 e. The molecule has 1 aliphatic heterocycles. The lowest BCUT2D eigenvalue weighted by molar-refractivity contribution is -0.113. The maximum absolute atomic E-state index is 14.5. The van der Waals surface area contributed by atoms with E-state index in [1.165, 1.54) is 0 Å². The normalized spacial score (nSPS) is 13.5. The summed E-state index contributed by atoms with van der Waals surface area (Å²) < 4.78 is 30.6. The molecule has 3 N–H and O–H groups in total. The third kappa shape index (κ3) is 5.07. The predicted octanol–water partition coefficient (Wildman–Crippen LogP) is 2.99. The Morgan fingerprint density at radius 3 is 2.42 bits per heavy atom. The van der Waals surface area contributed by atoms with Crippen LogP contribution in [0, 0.1) is 11.6 Å². The van der Waals surface area contributed by atoms with Gasteiger partial charge in [0.05, 0.1) is 5.75 Å². The van der Waals surface area contributed by atoms with E-state index in [0.29, 0.717) is 49.0 Å². The quantitative estimate of drug-likeness (QED) is 0.400. The number of hydrogen-bond donors (Lipinski definition) is 3. The van der Waals surface area contributed by atoms with Gasteiger partial charge in [0.2, 0.25) is 17.8 Å². The number of benzene rings is 1. The molecule has 0 unspecified atom stereocenters. The van der Waals surface area contributed by atoms with Gasteiger partial charge in [0.1, 0.15) is 5.69 Å². The van der Waals surface area contributed by atoms with Gasteiger partial charge < -0.3 is 20.9 Å². The number of amides is 1. The highest BCUT2D eigenvalue weighted by molar-refractivity contribution is 7.99. The van der Waals surface area contributed by atoms with Crippen LogP contribution in [-0.2, 0) is 4.79 Å². The van der Waals surface area contributed by atoms with Gasteiger partial charge in [-0.3, -0.25) is 4.79 Å². The summed E-state index contributed by atoms with van der Waals surface area (Å²) in [6.45, 7) is 6.37. The predicted molar refractivity (Wildman–Crippen MR) is 124 cm³/mol. The van der Waals surface area contributed by atoms with Gasteiger partial charge in [0.15, 0.2) is 16.8 Å². The van der Waals surface area contributed by atoms with Crippen molar-refractivity contribution in [2.24, 2.45) is 0 Å². The first kappa shape index (κ1) is 23.0. The van der Waals surface area contributed by atoms with Gasteiger partial charge >= 0.3 is 0 Å². The van der Waals surface area contributed by atoms with E-state index in [2.05, 4.69) is 36.1 Å². The molecule has 2 aromatic heterocycles. The average molecular weight is 478 g/mol. The van der Waals surface area contributed by atoms with E-state index >= 15 is 0 Å². The smallest absolute Gasteiger partial charge is 0.261 e. The van der Waals surface area contributed by atoms with Gasteiger partial charge in [-0.15, -0.1) is 10.2 Å². The van der Waals surface area contributed by atoms with Crippen LogP contribution in [0.1, 0.15) is 26.7 Å². The van der Waals surface area contributed by atoms with Crippen LogP contribution in [0.5, 0.6) is 0 Å². The minimum atomic E-state index is -0.688. The van der Waals surface area contributed by atoms with Crippen molar-refractivity contribution < 1.29 is 13.6 Å². The zero-order valence-corrected chi connectivity index (χ0v) is 19.2. The Morgan fingerprint density at radius 2 is 1.76 bits per heavy atom. The topological polar surface area (TPSA) is 112 Å². The number of thioether (sulfide) groups is 1. The Bertz CT molecular complexity index is 1130. The number of nitrogens with zero attached hydrogens (tertiary/aromatic N) is 6. The molecule has 0 bridgehead atoms. The van der Waals surface area contributed by atoms with Crippen LogP contribution < -0.4 is 20.9 Å². The maximum Gasteiger partial charge on any atom is 0.261 e. The SMILES string of the molecule is CCNc1nc(NCC)n2c(SCC(=O)Nc3cc(F)c(N4CCCC4)c(F)c3)nnc2n1. The van der Waals surface area contributed by atoms with E-state index in [9.17, 15) is 13.6 Å². The highest BCUT2D eigenvalue weighted by Crippen LogP contribution is 2.30. The lowest BCUT2D eigenvalue weighted by Gasteiger charge is -2.19.